The maximum absolute atomic E-state index is 10.7. The molecule has 0 aliphatic carbocycles. The van der Waals surface area contributed by atoms with Gasteiger partial charge in [-0.15, -0.1) is 0 Å². The van der Waals surface area contributed by atoms with Gasteiger partial charge in [-0.1, -0.05) is 11.3 Å². The van der Waals surface area contributed by atoms with Crippen LogP contribution in [0.4, 0.5) is 5.00 Å². The Kier molecular flexibility index (Phi) is 2.70. The number of nitrogens with zero attached hydrogens (tertiary/aromatic N) is 4. The Morgan fingerprint density at radius 2 is 2.15 bits per heavy atom. The molecule has 7 heteroatoms. The molecule has 0 radical (unpaired) electrons. The maximum Gasteiger partial charge on any atom is 0.324 e. The van der Waals surface area contributed by atoms with Gasteiger partial charge in [0.1, 0.15) is 0 Å². The number of thiophene rings is 1. The van der Waals surface area contributed by atoms with E-state index in [1.807, 2.05) is 6.21 Å². The first-order chi connectivity index (χ1) is 9.62. The molecule has 4 aliphatic rings. The predicted octanol–water partition coefficient (Wildman–Crippen LogP) is 1.42. The molecule has 0 aromatic carbocycles. The molecule has 106 valence electrons. The Bertz CT molecular complexity index is 547. The van der Waals surface area contributed by atoms with Gasteiger partial charge >= 0.3 is 5.00 Å². The first kappa shape index (κ1) is 12.4. The van der Waals surface area contributed by atoms with E-state index in [-0.39, 0.29) is 15.5 Å². The summed E-state index contributed by atoms with van der Waals surface area (Å²) in [7, 11) is 0. The van der Waals surface area contributed by atoms with Gasteiger partial charge in [-0.25, -0.2) is 0 Å². The smallest absolute Gasteiger partial charge is 0.288 e. The van der Waals surface area contributed by atoms with Crippen LogP contribution >= 0.6 is 11.3 Å². The fourth-order valence-corrected chi connectivity index (χ4v) is 4.63. The second kappa shape index (κ2) is 4.34. The molecule has 1 aromatic heterocycles. The summed E-state index contributed by atoms with van der Waals surface area (Å²) >= 11 is 1.19. The molecule has 0 amide bonds. The van der Waals surface area contributed by atoms with Crippen LogP contribution in [0.5, 0.6) is 0 Å². The highest BCUT2D eigenvalue weighted by Crippen LogP contribution is 2.39. The van der Waals surface area contributed by atoms with E-state index in [0.717, 1.165) is 37.0 Å². The van der Waals surface area contributed by atoms with Crippen LogP contribution in [-0.2, 0) is 0 Å². The molecule has 6 nitrogen and oxygen atoms in total. The van der Waals surface area contributed by atoms with E-state index >= 15 is 0 Å². The summed E-state index contributed by atoms with van der Waals surface area (Å²) in [4.78, 5) is 21.0. The van der Waals surface area contributed by atoms with Gasteiger partial charge in [0.05, 0.1) is 22.0 Å². The molecule has 4 aliphatic heterocycles. The molecule has 5 rings (SSSR count). The summed E-state index contributed by atoms with van der Waals surface area (Å²) < 4.78 is 0. The van der Waals surface area contributed by atoms with Crippen molar-refractivity contribution in [2.45, 2.75) is 12.0 Å². The van der Waals surface area contributed by atoms with E-state index in [1.165, 1.54) is 24.4 Å². The number of hydrogen-bond acceptors (Lipinski definition) is 6. The van der Waals surface area contributed by atoms with Crippen molar-refractivity contribution in [3.05, 3.63) is 27.1 Å². The van der Waals surface area contributed by atoms with Gasteiger partial charge in [-0.05, 0) is 18.4 Å². The fourth-order valence-electron chi connectivity index (χ4n) is 3.94. The molecule has 2 atom stereocenters. The zero-order valence-corrected chi connectivity index (χ0v) is 11.9. The van der Waals surface area contributed by atoms with E-state index in [4.69, 9.17) is 4.99 Å². The quantitative estimate of drug-likeness (QED) is 0.480. The lowest BCUT2D eigenvalue weighted by Crippen LogP contribution is -2.69. The molecule has 4 bridgehead atoms. The fraction of sp³-hybridized carbons (Fsp3) is 0.615. The minimum absolute atomic E-state index is 0.0121. The average Bonchev–Trinajstić information content (AvgIpc) is 2.84. The SMILES string of the molecule is O=[N+]([O-])c1ccc(/C=N/C23CC4CN(CN(C4)C2)C3)s1. The van der Waals surface area contributed by atoms with E-state index in [2.05, 4.69) is 9.80 Å². The van der Waals surface area contributed by atoms with Gasteiger partial charge in [-0.2, -0.15) is 0 Å². The van der Waals surface area contributed by atoms with E-state index in [0.29, 0.717) is 0 Å². The topological polar surface area (TPSA) is 62.0 Å². The van der Waals surface area contributed by atoms with Crippen LogP contribution in [0.1, 0.15) is 11.3 Å². The lowest BCUT2D eigenvalue weighted by molar-refractivity contribution is -0.380. The molecule has 0 N–H and O–H groups in total. The van der Waals surface area contributed by atoms with Crippen molar-refractivity contribution in [1.82, 2.24) is 9.80 Å². The molecule has 4 fully saturated rings. The first-order valence-electron chi connectivity index (χ1n) is 6.86. The molecule has 4 saturated heterocycles. The second-order valence-electron chi connectivity index (χ2n) is 6.15. The van der Waals surface area contributed by atoms with Gasteiger partial charge < -0.3 is 0 Å². The second-order valence-corrected chi connectivity index (χ2v) is 7.24. The third-order valence-corrected chi connectivity index (χ3v) is 5.37. The lowest BCUT2D eigenvalue weighted by atomic mass is 9.77. The number of aliphatic imine (C=N–C) groups is 1. The minimum Gasteiger partial charge on any atom is -0.288 e. The van der Waals surface area contributed by atoms with Gasteiger partial charge in [0.25, 0.3) is 0 Å². The summed E-state index contributed by atoms with van der Waals surface area (Å²) in [6.07, 6.45) is 3.00. The van der Waals surface area contributed by atoms with Gasteiger partial charge in [0.2, 0.25) is 0 Å². The van der Waals surface area contributed by atoms with Crippen molar-refractivity contribution in [3.63, 3.8) is 0 Å². The summed E-state index contributed by atoms with van der Waals surface area (Å²) in [5.41, 5.74) is 0.0121. The summed E-state index contributed by atoms with van der Waals surface area (Å²) in [6, 6.07) is 3.34. The third-order valence-electron chi connectivity index (χ3n) is 4.40. The van der Waals surface area contributed by atoms with Crippen LogP contribution < -0.4 is 0 Å². The van der Waals surface area contributed by atoms with Gasteiger partial charge in [-0.3, -0.25) is 24.9 Å². The molecule has 20 heavy (non-hydrogen) atoms. The molecule has 1 aromatic rings. The molecular formula is C13H16N4O2S. The van der Waals surface area contributed by atoms with Gasteiger partial charge in [0.15, 0.2) is 0 Å². The average molecular weight is 292 g/mol. The summed E-state index contributed by atoms with van der Waals surface area (Å²) in [6.45, 7) is 5.56. The Hall–Kier alpha value is -1.31. The van der Waals surface area contributed by atoms with Crippen molar-refractivity contribution in [1.29, 1.82) is 0 Å². The number of piperidine rings is 2. The lowest BCUT2D eigenvalue weighted by Gasteiger charge is -2.57. The Morgan fingerprint density at radius 3 is 2.75 bits per heavy atom. The summed E-state index contributed by atoms with van der Waals surface area (Å²) in [5.74, 6) is 0.737. The molecule has 5 heterocycles. The predicted molar refractivity (Wildman–Crippen MR) is 77.4 cm³/mol. The monoisotopic (exact) mass is 292 g/mol. The Labute approximate surface area is 120 Å². The van der Waals surface area contributed by atoms with Crippen molar-refractivity contribution in [3.8, 4) is 0 Å². The standard InChI is InChI=1S/C13H16N4O2S/c18-17(19)12-2-1-11(20-12)4-14-13-3-10-5-15(7-13)9-16(6-10)8-13/h1-2,4,10H,3,5-9H2/b14-4+. The number of rotatable bonds is 3. The Balaban J connectivity index is 1.55. The largest absolute Gasteiger partial charge is 0.324 e. The van der Waals surface area contributed by atoms with Crippen LogP contribution in [0, 0.1) is 16.0 Å². The van der Waals surface area contributed by atoms with Crippen LogP contribution in [0.15, 0.2) is 17.1 Å². The first-order valence-corrected chi connectivity index (χ1v) is 7.68. The van der Waals surface area contributed by atoms with E-state index in [1.54, 1.807) is 12.1 Å². The van der Waals surface area contributed by atoms with Crippen molar-refractivity contribution < 1.29 is 4.92 Å². The van der Waals surface area contributed by atoms with Crippen LogP contribution in [-0.4, -0.2) is 59.3 Å². The zero-order valence-electron chi connectivity index (χ0n) is 11.1. The van der Waals surface area contributed by atoms with E-state index < -0.39 is 0 Å². The summed E-state index contributed by atoms with van der Waals surface area (Å²) in [5, 5.41) is 10.9. The highest BCUT2D eigenvalue weighted by atomic mass is 32.1. The maximum atomic E-state index is 10.7. The molecule has 0 spiro atoms. The van der Waals surface area contributed by atoms with Crippen LogP contribution in [0.25, 0.3) is 0 Å². The van der Waals surface area contributed by atoms with Gasteiger partial charge in [0, 0.05) is 38.5 Å². The highest BCUT2D eigenvalue weighted by molar-refractivity contribution is 7.16. The minimum atomic E-state index is -0.343. The van der Waals surface area contributed by atoms with Crippen molar-refractivity contribution >= 4 is 22.6 Å². The Morgan fingerprint density at radius 1 is 1.40 bits per heavy atom. The number of nitro groups is 1. The van der Waals surface area contributed by atoms with Crippen molar-refractivity contribution in [2.75, 3.05) is 32.8 Å². The normalized spacial score (nSPS) is 38.7. The molecule has 0 saturated carbocycles. The van der Waals surface area contributed by atoms with E-state index in [9.17, 15) is 10.1 Å². The van der Waals surface area contributed by atoms with Crippen LogP contribution in [0.2, 0.25) is 0 Å². The molecule has 2 unspecified atom stereocenters. The van der Waals surface area contributed by atoms with Crippen molar-refractivity contribution in [2.24, 2.45) is 10.9 Å². The third kappa shape index (κ3) is 2.06. The highest BCUT2D eigenvalue weighted by Gasteiger charge is 2.49. The number of hydrogen-bond donors (Lipinski definition) is 0. The van der Waals surface area contributed by atoms with Crippen LogP contribution in [0.3, 0.4) is 0 Å². The molecular weight excluding hydrogens is 276 g/mol. The zero-order chi connectivity index (χ0) is 13.7.